The van der Waals surface area contributed by atoms with Crippen LogP contribution in [0.5, 0.6) is 0 Å². The molecule has 0 spiro atoms. The van der Waals surface area contributed by atoms with E-state index in [2.05, 4.69) is 191 Å². The fourth-order valence-corrected chi connectivity index (χ4v) is 9.72. The van der Waals surface area contributed by atoms with Gasteiger partial charge in [-0.2, -0.15) is 0 Å². The maximum atomic E-state index is 6.46. The van der Waals surface area contributed by atoms with Crippen LogP contribution in [0.1, 0.15) is 23.3 Å². The molecule has 0 saturated carbocycles. The number of hydrogen-bond acceptors (Lipinski definition) is 2. The maximum absolute atomic E-state index is 6.46. The summed E-state index contributed by atoms with van der Waals surface area (Å²) in [7, 11) is 0. The Kier molecular flexibility index (Phi) is 6.53. The average Bonchev–Trinajstić information content (AvgIpc) is 4.03. The number of benzene rings is 8. The first kappa shape index (κ1) is 31.6. The Hall–Kier alpha value is -7.56. The van der Waals surface area contributed by atoms with E-state index in [1.807, 2.05) is 0 Å². The fraction of sp³-hybridized carbons (Fsp3) is 0.0370. The standard InChI is InChI=1S/C54H34N2O2/c1-5-13-47-39(9-1)40-10-2-6-14-48(40)55(47)37-23-27-53-45(31-37)43-29-35(21-25-51(43)57-53)33-17-19-34(20-18-33)36-22-26-52-44(30-36)46-32-38(24-28-54(46)58-52)56-49-15-7-3-11-41(49)42-12-4-8-16-50(42)56/h1-21,23-25,27-32H,22,26H2. The molecule has 8 aromatic carbocycles. The molecule has 13 rings (SSSR count). The van der Waals surface area contributed by atoms with Gasteiger partial charge in [0.25, 0.3) is 0 Å². The maximum Gasteiger partial charge on any atom is 0.135 e. The molecule has 0 unspecified atom stereocenters. The second-order valence-electron chi connectivity index (χ2n) is 15.6. The predicted octanol–water partition coefficient (Wildman–Crippen LogP) is 14.7. The molecule has 1 aliphatic carbocycles. The van der Waals surface area contributed by atoms with Crippen LogP contribution >= 0.6 is 0 Å². The summed E-state index contributed by atoms with van der Waals surface area (Å²) in [5.41, 5.74) is 15.9. The molecule has 58 heavy (non-hydrogen) atoms. The summed E-state index contributed by atoms with van der Waals surface area (Å²) >= 11 is 0. The van der Waals surface area contributed by atoms with E-state index in [1.54, 1.807) is 0 Å². The molecule has 4 aromatic heterocycles. The van der Waals surface area contributed by atoms with Gasteiger partial charge in [-0.15, -0.1) is 0 Å². The zero-order chi connectivity index (χ0) is 37.9. The summed E-state index contributed by atoms with van der Waals surface area (Å²) in [6.45, 7) is 0. The highest BCUT2D eigenvalue weighted by atomic mass is 16.3. The summed E-state index contributed by atoms with van der Waals surface area (Å²) in [5, 5.41) is 8.44. The zero-order valence-corrected chi connectivity index (χ0v) is 31.4. The number of para-hydroxylation sites is 4. The predicted molar refractivity (Wildman–Crippen MR) is 240 cm³/mol. The number of furan rings is 2. The van der Waals surface area contributed by atoms with Crippen molar-refractivity contribution in [3.63, 3.8) is 0 Å². The summed E-state index contributed by atoms with van der Waals surface area (Å²) in [5.74, 6) is 1.07. The van der Waals surface area contributed by atoms with E-state index in [0.717, 1.165) is 62.9 Å². The van der Waals surface area contributed by atoms with Gasteiger partial charge in [0.15, 0.2) is 0 Å². The molecule has 0 radical (unpaired) electrons. The zero-order valence-electron chi connectivity index (χ0n) is 31.4. The largest absolute Gasteiger partial charge is 0.460 e. The van der Waals surface area contributed by atoms with E-state index >= 15 is 0 Å². The quantitative estimate of drug-likeness (QED) is 0.180. The van der Waals surface area contributed by atoms with Crippen LogP contribution in [0.3, 0.4) is 0 Å². The van der Waals surface area contributed by atoms with E-state index in [1.165, 1.54) is 71.4 Å². The van der Waals surface area contributed by atoms with Gasteiger partial charge in [-0.05, 0) is 108 Å². The van der Waals surface area contributed by atoms with Gasteiger partial charge in [-0.1, -0.05) is 103 Å². The van der Waals surface area contributed by atoms with Crippen LogP contribution in [0.2, 0.25) is 0 Å². The van der Waals surface area contributed by atoms with Gasteiger partial charge in [0.1, 0.15) is 22.5 Å². The van der Waals surface area contributed by atoms with Crippen molar-refractivity contribution in [3.8, 4) is 22.5 Å². The number of nitrogens with zero attached hydrogens (tertiary/aromatic N) is 2. The topological polar surface area (TPSA) is 36.1 Å². The molecule has 4 heterocycles. The summed E-state index contributed by atoms with van der Waals surface area (Å²) in [4.78, 5) is 0. The van der Waals surface area contributed by atoms with E-state index < -0.39 is 0 Å². The highest BCUT2D eigenvalue weighted by molar-refractivity contribution is 6.12. The van der Waals surface area contributed by atoms with E-state index in [9.17, 15) is 0 Å². The second kappa shape index (κ2) is 12.0. The van der Waals surface area contributed by atoms with Crippen LogP contribution in [0.15, 0.2) is 185 Å². The third-order valence-electron chi connectivity index (χ3n) is 12.4. The van der Waals surface area contributed by atoms with Crippen molar-refractivity contribution in [1.29, 1.82) is 0 Å². The van der Waals surface area contributed by atoms with Crippen molar-refractivity contribution < 1.29 is 8.83 Å². The average molecular weight is 743 g/mol. The SMILES string of the molecule is C1=C(c2ccc(-c3ccc4oc5ccc(-n6c7ccccc7c7ccccc76)cc5c4c3)cc2)CCc2oc3ccc(-n4c5ccccc5c5ccccc54)cc3c21. The minimum Gasteiger partial charge on any atom is -0.460 e. The molecule has 0 fully saturated rings. The first-order valence-electron chi connectivity index (χ1n) is 20.0. The Bertz CT molecular complexity index is 3570. The number of aryl methyl sites for hydroxylation is 1. The Morgan fingerprint density at radius 1 is 0.345 bits per heavy atom. The number of rotatable bonds is 4. The Balaban J connectivity index is 0.861. The van der Waals surface area contributed by atoms with Crippen LogP contribution in [-0.2, 0) is 6.42 Å². The van der Waals surface area contributed by atoms with Crippen LogP contribution in [0, 0.1) is 0 Å². The lowest BCUT2D eigenvalue weighted by molar-refractivity contribution is 0.548. The number of fused-ring (bicyclic) bond motifs is 12. The minimum atomic E-state index is 0.878. The van der Waals surface area contributed by atoms with Gasteiger partial charge in [0.2, 0.25) is 0 Å². The summed E-state index contributed by atoms with van der Waals surface area (Å²) < 4.78 is 17.6. The van der Waals surface area contributed by atoms with E-state index in [0.29, 0.717) is 0 Å². The third-order valence-corrected chi connectivity index (χ3v) is 12.4. The van der Waals surface area contributed by atoms with Crippen molar-refractivity contribution in [2.45, 2.75) is 12.8 Å². The van der Waals surface area contributed by atoms with Gasteiger partial charge in [-0.3, -0.25) is 0 Å². The molecule has 0 N–H and O–H groups in total. The van der Waals surface area contributed by atoms with Crippen molar-refractivity contribution in [2.75, 3.05) is 0 Å². The molecule has 0 aliphatic heterocycles. The lowest BCUT2D eigenvalue weighted by Gasteiger charge is -2.14. The van der Waals surface area contributed by atoms with Gasteiger partial charge in [0.05, 0.1) is 22.1 Å². The van der Waals surface area contributed by atoms with Crippen molar-refractivity contribution in [3.05, 3.63) is 193 Å². The first-order valence-corrected chi connectivity index (χ1v) is 20.0. The molecular formula is C54H34N2O2. The first-order chi connectivity index (χ1) is 28.7. The molecule has 1 aliphatic rings. The minimum absolute atomic E-state index is 0.878. The normalized spacial score (nSPS) is 13.1. The molecule has 0 bridgehead atoms. The van der Waals surface area contributed by atoms with E-state index in [4.69, 9.17) is 8.83 Å². The molecule has 272 valence electrons. The lowest BCUT2D eigenvalue weighted by atomic mass is 9.90. The Morgan fingerprint density at radius 3 is 1.36 bits per heavy atom. The smallest absolute Gasteiger partial charge is 0.135 e. The van der Waals surface area contributed by atoms with E-state index in [-0.39, 0.29) is 0 Å². The van der Waals surface area contributed by atoms with Crippen molar-refractivity contribution in [1.82, 2.24) is 9.13 Å². The fourth-order valence-electron chi connectivity index (χ4n) is 9.72. The summed E-state index contributed by atoms with van der Waals surface area (Å²) in [6, 6.07) is 63.5. The van der Waals surface area contributed by atoms with Gasteiger partial charge >= 0.3 is 0 Å². The molecule has 0 atom stereocenters. The van der Waals surface area contributed by atoms with Gasteiger partial charge in [-0.25, -0.2) is 0 Å². The lowest BCUT2D eigenvalue weighted by Crippen LogP contribution is -1.97. The van der Waals surface area contributed by atoms with Gasteiger partial charge in [0, 0.05) is 61.1 Å². The number of hydrogen-bond donors (Lipinski definition) is 0. The van der Waals surface area contributed by atoms with Crippen LogP contribution in [-0.4, -0.2) is 9.13 Å². The third kappa shape index (κ3) is 4.57. The molecule has 4 heteroatoms. The Labute approximate surface area is 333 Å². The molecular weight excluding hydrogens is 709 g/mol. The van der Waals surface area contributed by atoms with Crippen LogP contribution in [0.4, 0.5) is 0 Å². The highest BCUT2D eigenvalue weighted by Crippen LogP contribution is 2.41. The van der Waals surface area contributed by atoms with Crippen molar-refractivity contribution in [2.24, 2.45) is 0 Å². The monoisotopic (exact) mass is 742 g/mol. The molecule has 4 nitrogen and oxygen atoms in total. The Morgan fingerprint density at radius 2 is 0.793 bits per heavy atom. The molecule has 0 amide bonds. The summed E-state index contributed by atoms with van der Waals surface area (Å²) in [6.07, 6.45) is 4.17. The number of aromatic nitrogens is 2. The second-order valence-corrected chi connectivity index (χ2v) is 15.6. The number of allylic oxidation sites excluding steroid dienone is 1. The van der Waals surface area contributed by atoms with Crippen molar-refractivity contribution >= 4 is 88.2 Å². The van der Waals surface area contributed by atoms with Crippen LogP contribution < -0.4 is 0 Å². The molecule has 0 saturated heterocycles. The highest BCUT2D eigenvalue weighted by Gasteiger charge is 2.21. The molecule has 12 aromatic rings. The van der Waals surface area contributed by atoms with Crippen LogP contribution in [0.25, 0.3) is 111 Å². The van der Waals surface area contributed by atoms with Gasteiger partial charge < -0.3 is 18.0 Å².